The zero-order valence-corrected chi connectivity index (χ0v) is 17.7. The first kappa shape index (κ1) is 22.3. The van der Waals surface area contributed by atoms with Crippen LogP contribution in [0.1, 0.15) is 36.5 Å². The summed E-state index contributed by atoms with van der Waals surface area (Å²) < 4.78 is 10.6. The number of carbonyl (C=O) groups is 3. The van der Waals surface area contributed by atoms with Crippen molar-refractivity contribution in [3.63, 3.8) is 0 Å². The number of likely N-dealkylation sites (tertiary alicyclic amines) is 1. The Hall–Kier alpha value is -3.35. The third-order valence-corrected chi connectivity index (χ3v) is 5.20. The highest BCUT2D eigenvalue weighted by atomic mass is 16.5. The standard InChI is InChI=1S/C24H28N2O5/c1-18(27)31-22-9-5-6-20(16-22)24(29)25-17-19-10-13-26(14-11-19)23(28)12-15-30-21-7-3-2-4-8-21/h2-9,16,19H,10-15,17H2,1H3,(H,25,29). The van der Waals surface area contributed by atoms with Gasteiger partial charge in [-0.25, -0.2) is 0 Å². The number of amides is 2. The maximum atomic E-state index is 12.4. The molecule has 7 heteroatoms. The second kappa shape index (κ2) is 11.2. The second-order valence-corrected chi connectivity index (χ2v) is 7.57. The van der Waals surface area contributed by atoms with Gasteiger partial charge in [0, 0.05) is 32.1 Å². The van der Waals surface area contributed by atoms with Crippen LogP contribution >= 0.6 is 0 Å². The summed E-state index contributed by atoms with van der Waals surface area (Å²) in [7, 11) is 0. The lowest BCUT2D eigenvalue weighted by molar-refractivity contribution is -0.133. The molecule has 164 valence electrons. The van der Waals surface area contributed by atoms with E-state index in [1.54, 1.807) is 24.3 Å². The van der Waals surface area contributed by atoms with Crippen LogP contribution in [0, 0.1) is 5.92 Å². The van der Waals surface area contributed by atoms with E-state index in [9.17, 15) is 14.4 Å². The molecular formula is C24H28N2O5. The summed E-state index contributed by atoms with van der Waals surface area (Å²) in [5.41, 5.74) is 0.449. The first-order valence-electron chi connectivity index (χ1n) is 10.5. The lowest BCUT2D eigenvalue weighted by Crippen LogP contribution is -2.41. The monoisotopic (exact) mass is 424 g/mol. The molecule has 3 rings (SSSR count). The van der Waals surface area contributed by atoms with Gasteiger partial charge in [-0.1, -0.05) is 24.3 Å². The SMILES string of the molecule is CC(=O)Oc1cccc(C(=O)NCC2CCN(C(=O)CCOc3ccccc3)CC2)c1. The fourth-order valence-electron chi connectivity index (χ4n) is 3.52. The smallest absolute Gasteiger partial charge is 0.308 e. The molecule has 1 aliphatic heterocycles. The minimum absolute atomic E-state index is 0.0979. The summed E-state index contributed by atoms with van der Waals surface area (Å²) in [6.45, 7) is 3.61. The number of esters is 1. The van der Waals surface area contributed by atoms with Crippen LogP contribution in [-0.4, -0.2) is 48.9 Å². The summed E-state index contributed by atoms with van der Waals surface area (Å²) in [6.07, 6.45) is 2.05. The molecule has 1 heterocycles. The molecule has 2 aromatic carbocycles. The van der Waals surface area contributed by atoms with Gasteiger partial charge in [0.05, 0.1) is 13.0 Å². The molecule has 0 aliphatic carbocycles. The van der Waals surface area contributed by atoms with Crippen molar-refractivity contribution in [2.45, 2.75) is 26.2 Å². The summed E-state index contributed by atoms with van der Waals surface area (Å²) in [5, 5.41) is 2.94. The molecule has 0 aromatic heterocycles. The van der Waals surface area contributed by atoms with E-state index in [-0.39, 0.29) is 11.8 Å². The normalized spacial score (nSPS) is 14.0. The molecule has 0 atom stereocenters. The maximum Gasteiger partial charge on any atom is 0.308 e. The number of benzene rings is 2. The number of nitrogens with one attached hydrogen (secondary N) is 1. The molecule has 1 aliphatic rings. The molecule has 0 unspecified atom stereocenters. The molecule has 0 radical (unpaired) electrons. The molecular weight excluding hydrogens is 396 g/mol. The van der Waals surface area contributed by atoms with Crippen LogP contribution in [0.5, 0.6) is 11.5 Å². The lowest BCUT2D eigenvalue weighted by Gasteiger charge is -2.32. The lowest BCUT2D eigenvalue weighted by atomic mass is 9.96. The number of hydrogen-bond donors (Lipinski definition) is 1. The largest absolute Gasteiger partial charge is 0.493 e. The van der Waals surface area contributed by atoms with E-state index in [0.717, 1.165) is 18.6 Å². The third kappa shape index (κ3) is 7.13. The van der Waals surface area contributed by atoms with Gasteiger partial charge in [-0.05, 0) is 49.1 Å². The fraction of sp³-hybridized carbons (Fsp3) is 0.375. The van der Waals surface area contributed by atoms with Crippen molar-refractivity contribution in [2.24, 2.45) is 5.92 Å². The first-order chi connectivity index (χ1) is 15.0. The van der Waals surface area contributed by atoms with Gasteiger partial charge in [0.2, 0.25) is 5.91 Å². The molecule has 31 heavy (non-hydrogen) atoms. The molecule has 0 bridgehead atoms. The van der Waals surface area contributed by atoms with Crippen molar-refractivity contribution >= 4 is 17.8 Å². The van der Waals surface area contributed by atoms with Crippen molar-refractivity contribution in [3.05, 3.63) is 60.2 Å². The minimum Gasteiger partial charge on any atom is -0.493 e. The number of para-hydroxylation sites is 1. The molecule has 0 spiro atoms. The Kier molecular flexibility index (Phi) is 8.04. The average molecular weight is 424 g/mol. The minimum atomic E-state index is -0.425. The van der Waals surface area contributed by atoms with E-state index in [4.69, 9.17) is 9.47 Å². The van der Waals surface area contributed by atoms with Crippen LogP contribution in [0.2, 0.25) is 0 Å². The van der Waals surface area contributed by atoms with E-state index in [1.165, 1.54) is 6.92 Å². The highest BCUT2D eigenvalue weighted by Gasteiger charge is 2.23. The number of piperidine rings is 1. The van der Waals surface area contributed by atoms with Crippen molar-refractivity contribution < 1.29 is 23.9 Å². The molecule has 2 aromatic rings. The van der Waals surface area contributed by atoms with Gasteiger partial charge in [-0.3, -0.25) is 14.4 Å². The van der Waals surface area contributed by atoms with E-state index in [0.29, 0.717) is 49.9 Å². The number of carbonyl (C=O) groups excluding carboxylic acids is 3. The molecule has 1 fully saturated rings. The van der Waals surface area contributed by atoms with Gasteiger partial charge < -0.3 is 19.7 Å². The fourth-order valence-corrected chi connectivity index (χ4v) is 3.52. The Morgan fingerprint density at radius 2 is 1.71 bits per heavy atom. The van der Waals surface area contributed by atoms with Gasteiger partial charge >= 0.3 is 5.97 Å². The molecule has 7 nitrogen and oxygen atoms in total. The van der Waals surface area contributed by atoms with Gasteiger partial charge in [-0.15, -0.1) is 0 Å². The Bertz CT molecular complexity index is 892. The van der Waals surface area contributed by atoms with Gasteiger partial charge in [0.1, 0.15) is 11.5 Å². The summed E-state index contributed by atoms with van der Waals surface area (Å²) >= 11 is 0. The second-order valence-electron chi connectivity index (χ2n) is 7.57. The molecule has 0 saturated carbocycles. The van der Waals surface area contributed by atoms with E-state index in [2.05, 4.69) is 5.32 Å². The maximum absolute atomic E-state index is 12.4. The first-order valence-corrected chi connectivity index (χ1v) is 10.5. The van der Waals surface area contributed by atoms with E-state index < -0.39 is 5.97 Å². The molecule has 2 amide bonds. The topological polar surface area (TPSA) is 84.9 Å². The predicted molar refractivity (Wildman–Crippen MR) is 116 cm³/mol. The molecule has 1 saturated heterocycles. The zero-order valence-electron chi connectivity index (χ0n) is 17.7. The Morgan fingerprint density at radius 3 is 2.42 bits per heavy atom. The van der Waals surface area contributed by atoms with Crippen molar-refractivity contribution in [2.75, 3.05) is 26.2 Å². The highest BCUT2D eigenvalue weighted by molar-refractivity contribution is 5.94. The van der Waals surface area contributed by atoms with E-state index in [1.807, 2.05) is 35.2 Å². The quantitative estimate of drug-likeness (QED) is 0.520. The number of ether oxygens (including phenoxy) is 2. The summed E-state index contributed by atoms with van der Waals surface area (Å²) in [4.78, 5) is 37.7. The highest BCUT2D eigenvalue weighted by Crippen LogP contribution is 2.18. The van der Waals surface area contributed by atoms with Crippen LogP contribution in [0.15, 0.2) is 54.6 Å². The Balaban J connectivity index is 1.36. The number of hydrogen-bond acceptors (Lipinski definition) is 5. The van der Waals surface area contributed by atoms with Crippen LogP contribution < -0.4 is 14.8 Å². The zero-order chi connectivity index (χ0) is 22.1. The number of rotatable bonds is 8. The van der Waals surface area contributed by atoms with Gasteiger partial charge in [-0.2, -0.15) is 0 Å². The van der Waals surface area contributed by atoms with Crippen LogP contribution in [0.4, 0.5) is 0 Å². The Morgan fingerprint density at radius 1 is 1.00 bits per heavy atom. The van der Waals surface area contributed by atoms with Crippen LogP contribution in [0.25, 0.3) is 0 Å². The van der Waals surface area contributed by atoms with Crippen molar-refractivity contribution in [1.29, 1.82) is 0 Å². The van der Waals surface area contributed by atoms with Gasteiger partial charge in [0.25, 0.3) is 5.91 Å². The summed E-state index contributed by atoms with van der Waals surface area (Å²) in [6, 6.07) is 16.0. The van der Waals surface area contributed by atoms with Crippen molar-refractivity contribution in [1.82, 2.24) is 10.2 Å². The predicted octanol–water partition coefficient (Wildman–Crippen LogP) is 3.05. The Labute approximate surface area is 182 Å². The van der Waals surface area contributed by atoms with E-state index >= 15 is 0 Å². The van der Waals surface area contributed by atoms with Crippen LogP contribution in [-0.2, 0) is 9.59 Å². The van der Waals surface area contributed by atoms with Crippen LogP contribution in [0.3, 0.4) is 0 Å². The summed E-state index contributed by atoms with van der Waals surface area (Å²) in [5.74, 6) is 0.911. The van der Waals surface area contributed by atoms with Gasteiger partial charge in [0.15, 0.2) is 0 Å². The average Bonchev–Trinajstić information content (AvgIpc) is 2.78. The number of nitrogens with zero attached hydrogens (tertiary/aromatic N) is 1. The van der Waals surface area contributed by atoms with Crippen molar-refractivity contribution in [3.8, 4) is 11.5 Å². The molecule has 1 N–H and O–H groups in total. The third-order valence-electron chi connectivity index (χ3n) is 5.20.